The molecule has 0 aromatic heterocycles. The number of rotatable bonds is 5. The van der Waals surface area contributed by atoms with Crippen LogP contribution in [0.15, 0.2) is 18.2 Å². The maximum Gasteiger partial charge on any atom is 0.305 e. The van der Waals surface area contributed by atoms with Crippen LogP contribution in [0.1, 0.15) is 37.2 Å². The Morgan fingerprint density at radius 3 is 2.58 bits per heavy atom. The molecule has 1 saturated heterocycles. The quantitative estimate of drug-likeness (QED) is 0.832. The van der Waals surface area contributed by atoms with Crippen molar-refractivity contribution in [2.75, 3.05) is 13.2 Å². The summed E-state index contributed by atoms with van der Waals surface area (Å²) in [5.74, 6) is -1.03. The van der Waals surface area contributed by atoms with E-state index in [0.717, 1.165) is 12.0 Å². The molecule has 7 heteroatoms. The Balaban J connectivity index is 1.66. The Labute approximate surface area is 150 Å². The monoisotopic (exact) mass is 371 g/mol. The maximum absolute atomic E-state index is 12.6. The number of carboxylic acids is 1. The van der Waals surface area contributed by atoms with Gasteiger partial charge in [-0.3, -0.25) is 9.59 Å². The first kappa shape index (κ1) is 17.5. The summed E-state index contributed by atoms with van der Waals surface area (Å²) in [6.07, 6.45) is 1.71. The van der Waals surface area contributed by atoms with Gasteiger partial charge in [0.2, 0.25) is 5.91 Å². The number of hydrogen-bond acceptors (Lipinski definition) is 3. The van der Waals surface area contributed by atoms with Gasteiger partial charge in [-0.25, -0.2) is 0 Å². The molecule has 2 fully saturated rings. The van der Waals surface area contributed by atoms with Crippen molar-refractivity contribution in [3.8, 4) is 0 Å². The molecule has 1 amide bonds. The lowest BCUT2D eigenvalue weighted by molar-refractivity contribution is -0.140. The van der Waals surface area contributed by atoms with Crippen molar-refractivity contribution in [1.29, 1.82) is 0 Å². The summed E-state index contributed by atoms with van der Waals surface area (Å²) in [4.78, 5) is 23.8. The molecule has 0 spiro atoms. The molecule has 2 atom stereocenters. The molecule has 2 aliphatic rings. The van der Waals surface area contributed by atoms with E-state index in [0.29, 0.717) is 36.1 Å². The minimum atomic E-state index is -0.908. The topological polar surface area (TPSA) is 75.6 Å². The van der Waals surface area contributed by atoms with E-state index in [1.54, 1.807) is 12.1 Å². The van der Waals surface area contributed by atoms with Crippen molar-refractivity contribution < 1.29 is 19.4 Å². The molecule has 1 heterocycles. The van der Waals surface area contributed by atoms with Crippen molar-refractivity contribution >= 4 is 35.1 Å². The van der Waals surface area contributed by atoms with Crippen LogP contribution >= 0.6 is 23.2 Å². The van der Waals surface area contributed by atoms with Crippen molar-refractivity contribution in [2.24, 2.45) is 5.92 Å². The molecule has 2 N–H and O–H groups in total. The molecule has 2 unspecified atom stereocenters. The minimum Gasteiger partial charge on any atom is -0.481 e. The van der Waals surface area contributed by atoms with Crippen LogP contribution in [0, 0.1) is 5.92 Å². The number of nitrogens with one attached hydrogen (secondary N) is 1. The maximum atomic E-state index is 12.6. The first-order valence-electron chi connectivity index (χ1n) is 7.97. The Hall–Kier alpha value is -1.30. The third-order valence-electron chi connectivity index (χ3n) is 4.83. The lowest BCUT2D eigenvalue weighted by atomic mass is 9.86. The number of aliphatic carboxylic acids is 1. The van der Waals surface area contributed by atoms with Crippen LogP contribution < -0.4 is 5.32 Å². The SMILES string of the molecule is O=C(O)CC1(NC(=O)C2CC2c2ccc(Cl)c(Cl)c2)CCOCC1. The van der Waals surface area contributed by atoms with E-state index in [9.17, 15) is 9.59 Å². The van der Waals surface area contributed by atoms with E-state index in [1.807, 2.05) is 6.07 Å². The average Bonchev–Trinajstić information content (AvgIpc) is 3.30. The molecule has 1 aliphatic heterocycles. The number of carboxylic acid groups (broad SMARTS) is 1. The van der Waals surface area contributed by atoms with Crippen LogP contribution in [-0.2, 0) is 14.3 Å². The van der Waals surface area contributed by atoms with Gasteiger partial charge in [0.25, 0.3) is 0 Å². The van der Waals surface area contributed by atoms with Gasteiger partial charge < -0.3 is 15.2 Å². The van der Waals surface area contributed by atoms with Crippen molar-refractivity contribution in [2.45, 2.75) is 37.1 Å². The highest BCUT2D eigenvalue weighted by atomic mass is 35.5. The standard InChI is InChI=1S/C17H19Cl2NO4/c18-13-2-1-10(7-14(13)19)11-8-12(11)16(23)20-17(9-15(21)22)3-5-24-6-4-17/h1-2,7,11-12H,3-6,8-9H2,(H,20,23)(H,21,22). The number of carbonyl (C=O) groups excluding carboxylic acids is 1. The predicted molar refractivity (Wildman–Crippen MR) is 90.5 cm³/mol. The van der Waals surface area contributed by atoms with Crippen molar-refractivity contribution in [3.05, 3.63) is 33.8 Å². The van der Waals surface area contributed by atoms with Gasteiger partial charge in [-0.05, 0) is 42.9 Å². The summed E-state index contributed by atoms with van der Waals surface area (Å²) in [5, 5.41) is 13.1. The van der Waals surface area contributed by atoms with Crippen molar-refractivity contribution in [3.63, 3.8) is 0 Å². The third kappa shape index (κ3) is 3.85. The van der Waals surface area contributed by atoms with E-state index < -0.39 is 11.5 Å². The number of ether oxygens (including phenoxy) is 1. The summed E-state index contributed by atoms with van der Waals surface area (Å²) in [5.41, 5.74) is 0.287. The second-order valence-corrected chi connectivity index (χ2v) is 7.39. The Morgan fingerprint density at radius 2 is 1.96 bits per heavy atom. The molecule has 1 aromatic rings. The fourth-order valence-electron chi connectivity index (χ4n) is 3.35. The summed E-state index contributed by atoms with van der Waals surface area (Å²) in [7, 11) is 0. The second kappa shape index (κ2) is 6.90. The summed E-state index contributed by atoms with van der Waals surface area (Å²) >= 11 is 12.0. The van der Waals surface area contributed by atoms with Gasteiger partial charge in [0.15, 0.2) is 0 Å². The number of carbonyl (C=O) groups is 2. The van der Waals surface area contributed by atoms with E-state index >= 15 is 0 Å². The number of halogens is 2. The van der Waals surface area contributed by atoms with E-state index in [2.05, 4.69) is 5.32 Å². The number of amides is 1. The van der Waals surface area contributed by atoms with Crippen molar-refractivity contribution in [1.82, 2.24) is 5.32 Å². The zero-order valence-electron chi connectivity index (χ0n) is 13.1. The van der Waals surface area contributed by atoms with Gasteiger partial charge in [0.1, 0.15) is 0 Å². The normalized spacial score (nSPS) is 25.1. The van der Waals surface area contributed by atoms with Gasteiger partial charge in [0, 0.05) is 19.1 Å². The molecule has 1 saturated carbocycles. The Bertz CT molecular complexity index is 658. The predicted octanol–water partition coefficient (Wildman–Crippen LogP) is 3.24. The zero-order valence-corrected chi connectivity index (χ0v) is 14.6. The molecule has 1 aromatic carbocycles. The van der Waals surface area contributed by atoms with E-state index in [4.69, 9.17) is 33.0 Å². The largest absolute Gasteiger partial charge is 0.481 e. The minimum absolute atomic E-state index is 0.0771. The lowest BCUT2D eigenvalue weighted by Gasteiger charge is -2.37. The van der Waals surface area contributed by atoms with Crippen LogP contribution in [0.5, 0.6) is 0 Å². The summed E-state index contributed by atoms with van der Waals surface area (Å²) in [6.45, 7) is 0.933. The second-order valence-electron chi connectivity index (χ2n) is 6.57. The first-order chi connectivity index (χ1) is 11.4. The summed E-state index contributed by atoms with van der Waals surface area (Å²) in [6, 6.07) is 5.41. The van der Waals surface area contributed by atoms with Gasteiger partial charge in [-0.2, -0.15) is 0 Å². The third-order valence-corrected chi connectivity index (χ3v) is 5.57. The van der Waals surface area contributed by atoms with Crippen LogP contribution in [0.4, 0.5) is 0 Å². The van der Waals surface area contributed by atoms with Gasteiger partial charge in [0.05, 0.1) is 22.0 Å². The smallest absolute Gasteiger partial charge is 0.305 e. The van der Waals surface area contributed by atoms with Crippen LogP contribution in [0.2, 0.25) is 10.0 Å². The van der Waals surface area contributed by atoms with Crippen LogP contribution in [-0.4, -0.2) is 35.7 Å². The molecular formula is C17H19Cl2NO4. The molecule has 1 aliphatic carbocycles. The Morgan fingerprint density at radius 1 is 1.25 bits per heavy atom. The zero-order chi connectivity index (χ0) is 17.3. The van der Waals surface area contributed by atoms with Gasteiger partial charge in [-0.15, -0.1) is 0 Å². The van der Waals surface area contributed by atoms with Gasteiger partial charge >= 0.3 is 5.97 Å². The van der Waals surface area contributed by atoms with E-state index in [1.165, 1.54) is 0 Å². The molecule has 0 radical (unpaired) electrons. The highest BCUT2D eigenvalue weighted by molar-refractivity contribution is 6.42. The average molecular weight is 372 g/mol. The lowest BCUT2D eigenvalue weighted by Crippen LogP contribution is -2.53. The molecular weight excluding hydrogens is 353 g/mol. The molecule has 130 valence electrons. The molecule has 5 nitrogen and oxygen atoms in total. The molecule has 24 heavy (non-hydrogen) atoms. The molecule has 0 bridgehead atoms. The summed E-state index contributed by atoms with van der Waals surface area (Å²) < 4.78 is 5.31. The highest BCUT2D eigenvalue weighted by Crippen LogP contribution is 2.49. The first-order valence-corrected chi connectivity index (χ1v) is 8.72. The fraction of sp³-hybridized carbons (Fsp3) is 0.529. The van der Waals surface area contributed by atoms with Crippen LogP contribution in [0.3, 0.4) is 0 Å². The van der Waals surface area contributed by atoms with E-state index in [-0.39, 0.29) is 24.2 Å². The Kier molecular flexibility index (Phi) is 5.04. The highest BCUT2D eigenvalue weighted by Gasteiger charge is 2.47. The molecule has 3 rings (SSSR count). The van der Waals surface area contributed by atoms with Crippen LogP contribution in [0.25, 0.3) is 0 Å². The fourth-order valence-corrected chi connectivity index (χ4v) is 3.65. The number of hydrogen-bond donors (Lipinski definition) is 2. The number of benzene rings is 1. The van der Waals surface area contributed by atoms with Gasteiger partial charge in [-0.1, -0.05) is 29.3 Å².